The van der Waals surface area contributed by atoms with Gasteiger partial charge in [0.1, 0.15) is 11.6 Å². The zero-order valence-corrected chi connectivity index (χ0v) is 18.1. The second-order valence-electron chi connectivity index (χ2n) is 7.64. The van der Waals surface area contributed by atoms with Gasteiger partial charge in [0.15, 0.2) is 0 Å². The number of aromatic carboxylic acids is 1. The molecule has 1 aliphatic heterocycles. The van der Waals surface area contributed by atoms with Gasteiger partial charge >= 0.3 is 5.97 Å². The molecule has 33 heavy (non-hydrogen) atoms. The fourth-order valence-corrected chi connectivity index (χ4v) is 3.87. The van der Waals surface area contributed by atoms with E-state index in [1.54, 1.807) is 31.4 Å². The van der Waals surface area contributed by atoms with Crippen molar-refractivity contribution in [1.29, 1.82) is 0 Å². The third kappa shape index (κ3) is 4.90. The molecular formula is C25H24FN3O4. The lowest BCUT2D eigenvalue weighted by Gasteiger charge is -2.37. The van der Waals surface area contributed by atoms with Gasteiger partial charge in [-0.25, -0.2) is 9.18 Å². The van der Waals surface area contributed by atoms with E-state index in [4.69, 9.17) is 4.74 Å². The van der Waals surface area contributed by atoms with Crippen molar-refractivity contribution in [3.8, 4) is 5.75 Å². The highest BCUT2D eigenvalue weighted by Crippen LogP contribution is 2.27. The topological polar surface area (TPSA) is 82.1 Å². The zero-order valence-electron chi connectivity index (χ0n) is 18.1. The third-order valence-corrected chi connectivity index (χ3v) is 5.68. The predicted molar refractivity (Wildman–Crippen MR) is 125 cm³/mol. The number of amides is 1. The number of piperazine rings is 1. The number of carboxylic acids is 1. The monoisotopic (exact) mass is 449 g/mol. The summed E-state index contributed by atoms with van der Waals surface area (Å²) in [6.07, 6.45) is 0. The number of hydrogen-bond donors (Lipinski definition) is 2. The standard InChI is InChI=1S/C25H24FN3O4/c1-33-19-9-6-17(7-10-19)28-12-14-29(15-13-28)18-8-11-23(21(16-18)25(31)32)27-24(30)20-4-2-3-5-22(20)26/h2-11,16H,12-15H2,1H3,(H,27,30)(H,31,32). The summed E-state index contributed by atoms with van der Waals surface area (Å²) in [6.45, 7) is 2.99. The first kappa shape index (κ1) is 22.1. The molecule has 0 aliphatic carbocycles. The van der Waals surface area contributed by atoms with Gasteiger partial charge in [-0.1, -0.05) is 12.1 Å². The van der Waals surface area contributed by atoms with E-state index in [1.165, 1.54) is 18.2 Å². The summed E-state index contributed by atoms with van der Waals surface area (Å²) in [6, 6.07) is 18.3. The molecule has 1 saturated heterocycles. The number of anilines is 3. The Hall–Kier alpha value is -4.07. The highest BCUT2D eigenvalue weighted by atomic mass is 19.1. The number of halogens is 1. The lowest BCUT2D eigenvalue weighted by molar-refractivity contribution is 0.0698. The molecule has 0 saturated carbocycles. The minimum absolute atomic E-state index is 0.0465. The fraction of sp³-hybridized carbons (Fsp3) is 0.200. The second-order valence-corrected chi connectivity index (χ2v) is 7.64. The van der Waals surface area contributed by atoms with Gasteiger partial charge < -0.3 is 25.0 Å². The van der Waals surface area contributed by atoms with Crippen LogP contribution in [0.3, 0.4) is 0 Å². The van der Waals surface area contributed by atoms with Crippen LogP contribution >= 0.6 is 0 Å². The Morgan fingerprint density at radius 2 is 1.48 bits per heavy atom. The molecule has 7 nitrogen and oxygen atoms in total. The molecular weight excluding hydrogens is 425 g/mol. The Bertz CT molecular complexity index is 1160. The van der Waals surface area contributed by atoms with Gasteiger partial charge in [0, 0.05) is 37.6 Å². The molecule has 0 radical (unpaired) electrons. The number of rotatable bonds is 6. The summed E-state index contributed by atoms with van der Waals surface area (Å²) in [4.78, 5) is 28.7. The summed E-state index contributed by atoms with van der Waals surface area (Å²) in [5, 5.41) is 12.2. The molecule has 0 atom stereocenters. The van der Waals surface area contributed by atoms with E-state index in [0.29, 0.717) is 13.1 Å². The summed E-state index contributed by atoms with van der Waals surface area (Å²) in [7, 11) is 1.63. The second kappa shape index (κ2) is 9.60. The summed E-state index contributed by atoms with van der Waals surface area (Å²) < 4.78 is 19.1. The van der Waals surface area contributed by atoms with Crippen LogP contribution in [0.25, 0.3) is 0 Å². The van der Waals surface area contributed by atoms with Crippen molar-refractivity contribution in [2.24, 2.45) is 0 Å². The van der Waals surface area contributed by atoms with Crippen LogP contribution in [0.1, 0.15) is 20.7 Å². The number of benzene rings is 3. The number of nitrogens with one attached hydrogen (secondary N) is 1. The normalized spacial score (nSPS) is 13.5. The van der Waals surface area contributed by atoms with Crippen molar-refractivity contribution < 1.29 is 23.8 Å². The van der Waals surface area contributed by atoms with Gasteiger partial charge in [-0.15, -0.1) is 0 Å². The molecule has 2 N–H and O–H groups in total. The van der Waals surface area contributed by atoms with E-state index in [-0.39, 0.29) is 16.8 Å². The molecule has 3 aromatic carbocycles. The SMILES string of the molecule is COc1ccc(N2CCN(c3ccc(NC(=O)c4ccccc4F)c(C(=O)O)c3)CC2)cc1. The molecule has 1 fully saturated rings. The summed E-state index contributed by atoms with van der Waals surface area (Å²) in [5.74, 6) is -1.73. The highest BCUT2D eigenvalue weighted by Gasteiger charge is 2.21. The largest absolute Gasteiger partial charge is 0.497 e. The van der Waals surface area contributed by atoms with Crippen molar-refractivity contribution >= 4 is 28.9 Å². The zero-order chi connectivity index (χ0) is 23.4. The quantitative estimate of drug-likeness (QED) is 0.590. The van der Waals surface area contributed by atoms with Crippen LogP contribution in [-0.2, 0) is 0 Å². The Balaban J connectivity index is 1.47. The Morgan fingerprint density at radius 3 is 2.09 bits per heavy atom. The maximum atomic E-state index is 13.9. The summed E-state index contributed by atoms with van der Waals surface area (Å²) >= 11 is 0. The van der Waals surface area contributed by atoms with Crippen LogP contribution in [0, 0.1) is 5.82 Å². The molecule has 1 amide bonds. The van der Waals surface area contributed by atoms with Crippen molar-refractivity contribution in [3.05, 3.63) is 83.7 Å². The maximum Gasteiger partial charge on any atom is 0.337 e. The third-order valence-electron chi connectivity index (χ3n) is 5.68. The smallest absolute Gasteiger partial charge is 0.337 e. The van der Waals surface area contributed by atoms with E-state index < -0.39 is 17.7 Å². The Morgan fingerprint density at radius 1 is 0.879 bits per heavy atom. The van der Waals surface area contributed by atoms with Crippen LogP contribution in [-0.4, -0.2) is 50.3 Å². The first-order chi connectivity index (χ1) is 16.0. The number of ether oxygens (including phenoxy) is 1. The average Bonchev–Trinajstić information content (AvgIpc) is 2.84. The molecule has 0 aromatic heterocycles. The van der Waals surface area contributed by atoms with E-state index in [9.17, 15) is 19.1 Å². The van der Waals surface area contributed by atoms with Crippen LogP contribution in [0.5, 0.6) is 5.75 Å². The van der Waals surface area contributed by atoms with Gasteiger partial charge in [0.25, 0.3) is 5.91 Å². The molecule has 0 bridgehead atoms. The van der Waals surface area contributed by atoms with Gasteiger partial charge in [0.05, 0.1) is 23.9 Å². The molecule has 4 rings (SSSR count). The lowest BCUT2D eigenvalue weighted by Crippen LogP contribution is -2.46. The van der Waals surface area contributed by atoms with Gasteiger partial charge in [-0.3, -0.25) is 4.79 Å². The molecule has 8 heteroatoms. The van der Waals surface area contributed by atoms with E-state index in [0.717, 1.165) is 30.2 Å². The number of methoxy groups -OCH3 is 1. The van der Waals surface area contributed by atoms with Crippen LogP contribution in [0.2, 0.25) is 0 Å². The van der Waals surface area contributed by atoms with Gasteiger partial charge in [0.2, 0.25) is 0 Å². The van der Waals surface area contributed by atoms with Gasteiger partial charge in [-0.05, 0) is 54.6 Å². The number of carbonyl (C=O) groups excluding carboxylic acids is 1. The molecule has 3 aromatic rings. The van der Waals surface area contributed by atoms with Crippen molar-refractivity contribution in [2.45, 2.75) is 0 Å². The maximum absolute atomic E-state index is 13.9. The molecule has 170 valence electrons. The van der Waals surface area contributed by atoms with E-state index in [1.807, 2.05) is 24.3 Å². The van der Waals surface area contributed by atoms with Crippen LogP contribution in [0.15, 0.2) is 66.7 Å². The molecule has 1 heterocycles. The first-order valence-electron chi connectivity index (χ1n) is 10.5. The number of nitrogens with zero attached hydrogens (tertiary/aromatic N) is 2. The van der Waals surface area contributed by atoms with E-state index in [2.05, 4.69) is 15.1 Å². The predicted octanol–water partition coefficient (Wildman–Crippen LogP) is 4.11. The highest BCUT2D eigenvalue weighted by molar-refractivity contribution is 6.08. The Kier molecular flexibility index (Phi) is 6.44. The lowest BCUT2D eigenvalue weighted by atomic mass is 10.1. The van der Waals surface area contributed by atoms with Crippen LogP contribution in [0.4, 0.5) is 21.5 Å². The average molecular weight is 449 g/mol. The van der Waals surface area contributed by atoms with Crippen molar-refractivity contribution in [3.63, 3.8) is 0 Å². The molecule has 1 aliphatic rings. The number of carboxylic acid groups (broad SMARTS) is 1. The number of carbonyl (C=O) groups is 2. The van der Waals surface area contributed by atoms with Crippen LogP contribution < -0.4 is 19.9 Å². The minimum atomic E-state index is -1.17. The number of hydrogen-bond acceptors (Lipinski definition) is 5. The summed E-state index contributed by atoms with van der Waals surface area (Å²) in [5.41, 5.74) is 1.79. The Labute approximate surface area is 191 Å². The van der Waals surface area contributed by atoms with Crippen molar-refractivity contribution in [2.75, 3.05) is 48.4 Å². The van der Waals surface area contributed by atoms with Gasteiger partial charge in [-0.2, -0.15) is 0 Å². The first-order valence-corrected chi connectivity index (χ1v) is 10.5. The van der Waals surface area contributed by atoms with E-state index >= 15 is 0 Å². The minimum Gasteiger partial charge on any atom is -0.497 e. The molecule has 0 spiro atoms. The fourth-order valence-electron chi connectivity index (χ4n) is 3.87. The van der Waals surface area contributed by atoms with Crippen molar-refractivity contribution in [1.82, 2.24) is 0 Å². The molecule has 0 unspecified atom stereocenters.